The molecule has 1 saturated heterocycles. The zero-order valence-electron chi connectivity index (χ0n) is 13.9. The molecule has 130 valence electrons. The lowest BCUT2D eigenvalue weighted by atomic mass is 10.1. The van der Waals surface area contributed by atoms with Gasteiger partial charge in [0.1, 0.15) is 0 Å². The van der Waals surface area contributed by atoms with Crippen LogP contribution in [-0.2, 0) is 4.74 Å². The SMILES string of the molecule is Cc1ccc(NC(=O)c2cccc(C(=O)N3CCOCC3)c2)cc1Cl. The lowest BCUT2D eigenvalue weighted by Gasteiger charge is -2.27. The van der Waals surface area contributed by atoms with Gasteiger partial charge < -0.3 is 15.0 Å². The Bertz CT molecular complexity index is 801. The molecule has 0 aromatic heterocycles. The summed E-state index contributed by atoms with van der Waals surface area (Å²) in [5.41, 5.74) is 2.48. The third-order valence-corrected chi connectivity index (χ3v) is 4.51. The first-order chi connectivity index (χ1) is 12.0. The van der Waals surface area contributed by atoms with Crippen LogP contribution in [0.25, 0.3) is 0 Å². The second kappa shape index (κ2) is 7.68. The predicted molar refractivity (Wildman–Crippen MR) is 97.3 cm³/mol. The molecular formula is C19H19ClN2O3. The first-order valence-corrected chi connectivity index (χ1v) is 8.47. The van der Waals surface area contributed by atoms with E-state index in [2.05, 4.69) is 5.32 Å². The summed E-state index contributed by atoms with van der Waals surface area (Å²) in [4.78, 5) is 26.7. The summed E-state index contributed by atoms with van der Waals surface area (Å²) in [6.45, 7) is 4.11. The molecule has 0 atom stereocenters. The van der Waals surface area contributed by atoms with Crippen molar-refractivity contribution in [2.75, 3.05) is 31.6 Å². The van der Waals surface area contributed by atoms with Gasteiger partial charge in [-0.1, -0.05) is 23.7 Å². The van der Waals surface area contributed by atoms with E-state index in [0.717, 1.165) is 5.56 Å². The molecule has 1 heterocycles. The van der Waals surface area contributed by atoms with E-state index in [4.69, 9.17) is 16.3 Å². The van der Waals surface area contributed by atoms with Crippen LogP contribution in [0.2, 0.25) is 5.02 Å². The number of nitrogens with zero attached hydrogens (tertiary/aromatic N) is 1. The van der Waals surface area contributed by atoms with E-state index in [-0.39, 0.29) is 11.8 Å². The van der Waals surface area contributed by atoms with Crippen molar-refractivity contribution in [3.05, 3.63) is 64.2 Å². The van der Waals surface area contributed by atoms with E-state index in [1.54, 1.807) is 41.3 Å². The maximum absolute atomic E-state index is 12.5. The van der Waals surface area contributed by atoms with Crippen molar-refractivity contribution >= 4 is 29.1 Å². The fourth-order valence-electron chi connectivity index (χ4n) is 2.62. The van der Waals surface area contributed by atoms with Gasteiger partial charge in [0.25, 0.3) is 11.8 Å². The molecule has 6 heteroatoms. The van der Waals surface area contributed by atoms with Crippen LogP contribution in [0.3, 0.4) is 0 Å². The fourth-order valence-corrected chi connectivity index (χ4v) is 2.80. The number of ether oxygens (including phenoxy) is 1. The number of aryl methyl sites for hydroxylation is 1. The first-order valence-electron chi connectivity index (χ1n) is 8.09. The third-order valence-electron chi connectivity index (χ3n) is 4.10. The summed E-state index contributed by atoms with van der Waals surface area (Å²) >= 11 is 6.08. The molecule has 0 saturated carbocycles. The van der Waals surface area contributed by atoms with Gasteiger partial charge >= 0.3 is 0 Å². The first kappa shape index (κ1) is 17.5. The van der Waals surface area contributed by atoms with Gasteiger partial charge in [-0.25, -0.2) is 0 Å². The van der Waals surface area contributed by atoms with Crippen molar-refractivity contribution in [3.63, 3.8) is 0 Å². The number of nitrogens with one attached hydrogen (secondary N) is 1. The number of carbonyl (C=O) groups excluding carboxylic acids is 2. The van der Waals surface area contributed by atoms with Crippen molar-refractivity contribution in [1.82, 2.24) is 4.90 Å². The van der Waals surface area contributed by atoms with Gasteiger partial charge in [0.2, 0.25) is 0 Å². The Balaban J connectivity index is 1.74. The van der Waals surface area contributed by atoms with Crippen LogP contribution in [0, 0.1) is 6.92 Å². The number of anilines is 1. The van der Waals surface area contributed by atoms with E-state index in [0.29, 0.717) is 48.1 Å². The maximum atomic E-state index is 12.5. The zero-order valence-corrected chi connectivity index (χ0v) is 14.7. The normalized spacial score (nSPS) is 14.2. The molecule has 0 unspecified atom stereocenters. The summed E-state index contributed by atoms with van der Waals surface area (Å²) in [5.74, 6) is -0.368. The summed E-state index contributed by atoms with van der Waals surface area (Å²) in [5, 5.41) is 3.40. The number of carbonyl (C=O) groups is 2. The maximum Gasteiger partial charge on any atom is 0.255 e. The van der Waals surface area contributed by atoms with Crippen molar-refractivity contribution in [2.45, 2.75) is 6.92 Å². The van der Waals surface area contributed by atoms with E-state index in [9.17, 15) is 9.59 Å². The van der Waals surface area contributed by atoms with Crippen LogP contribution < -0.4 is 5.32 Å². The number of halogens is 1. The number of morpholine rings is 1. The summed E-state index contributed by atoms with van der Waals surface area (Å²) in [6, 6.07) is 12.1. The van der Waals surface area contributed by atoms with Gasteiger partial charge in [-0.15, -0.1) is 0 Å². The van der Waals surface area contributed by atoms with Crippen LogP contribution in [0.1, 0.15) is 26.3 Å². The van der Waals surface area contributed by atoms with Gasteiger partial charge in [0.05, 0.1) is 13.2 Å². The van der Waals surface area contributed by atoms with Crippen molar-refractivity contribution in [1.29, 1.82) is 0 Å². The highest BCUT2D eigenvalue weighted by molar-refractivity contribution is 6.31. The molecule has 0 spiro atoms. The lowest BCUT2D eigenvalue weighted by molar-refractivity contribution is 0.0303. The molecule has 5 nitrogen and oxygen atoms in total. The predicted octanol–water partition coefficient (Wildman–Crippen LogP) is 3.37. The molecule has 0 radical (unpaired) electrons. The largest absolute Gasteiger partial charge is 0.378 e. The van der Waals surface area contributed by atoms with Crippen LogP contribution in [-0.4, -0.2) is 43.0 Å². The molecule has 1 aliphatic rings. The van der Waals surface area contributed by atoms with Gasteiger partial charge in [0.15, 0.2) is 0 Å². The topological polar surface area (TPSA) is 58.6 Å². The smallest absolute Gasteiger partial charge is 0.255 e. The van der Waals surface area contributed by atoms with Gasteiger partial charge in [0, 0.05) is 34.9 Å². The summed E-state index contributed by atoms with van der Waals surface area (Å²) in [6.07, 6.45) is 0. The second-order valence-corrected chi connectivity index (χ2v) is 6.31. The Morgan fingerprint density at radius 2 is 1.80 bits per heavy atom. The van der Waals surface area contributed by atoms with Crippen LogP contribution in [0.4, 0.5) is 5.69 Å². The Labute approximate surface area is 151 Å². The summed E-state index contributed by atoms with van der Waals surface area (Å²) < 4.78 is 5.26. The average Bonchev–Trinajstić information content (AvgIpc) is 2.65. The third kappa shape index (κ3) is 4.18. The molecule has 0 aliphatic carbocycles. The standard InChI is InChI=1S/C19H19ClN2O3/c1-13-5-6-16(12-17(13)20)21-18(23)14-3-2-4-15(11-14)19(24)22-7-9-25-10-8-22/h2-6,11-12H,7-10H2,1H3,(H,21,23). The van der Waals surface area contributed by atoms with E-state index in [1.807, 2.05) is 13.0 Å². The van der Waals surface area contributed by atoms with E-state index < -0.39 is 0 Å². The van der Waals surface area contributed by atoms with E-state index in [1.165, 1.54) is 0 Å². The molecule has 1 fully saturated rings. The van der Waals surface area contributed by atoms with Gasteiger partial charge in [-0.2, -0.15) is 0 Å². The number of amides is 2. The van der Waals surface area contributed by atoms with Gasteiger partial charge in [-0.05, 0) is 42.8 Å². The van der Waals surface area contributed by atoms with Crippen molar-refractivity contribution < 1.29 is 14.3 Å². The number of benzene rings is 2. The quantitative estimate of drug-likeness (QED) is 0.915. The second-order valence-electron chi connectivity index (χ2n) is 5.90. The highest BCUT2D eigenvalue weighted by Crippen LogP contribution is 2.20. The molecule has 1 aliphatic heterocycles. The van der Waals surface area contributed by atoms with Crippen molar-refractivity contribution in [2.24, 2.45) is 0 Å². The Morgan fingerprint density at radius 1 is 1.08 bits per heavy atom. The lowest BCUT2D eigenvalue weighted by Crippen LogP contribution is -2.40. The molecule has 0 bridgehead atoms. The minimum absolute atomic E-state index is 0.0867. The monoisotopic (exact) mass is 358 g/mol. The average molecular weight is 359 g/mol. The number of hydrogen-bond acceptors (Lipinski definition) is 3. The molecular weight excluding hydrogens is 340 g/mol. The molecule has 2 aromatic rings. The minimum atomic E-state index is -0.281. The number of rotatable bonds is 3. The molecule has 1 N–H and O–H groups in total. The van der Waals surface area contributed by atoms with Crippen LogP contribution >= 0.6 is 11.6 Å². The summed E-state index contributed by atoms with van der Waals surface area (Å²) in [7, 11) is 0. The molecule has 2 amide bonds. The van der Waals surface area contributed by atoms with Crippen molar-refractivity contribution in [3.8, 4) is 0 Å². The highest BCUT2D eigenvalue weighted by Gasteiger charge is 2.19. The molecule has 3 rings (SSSR count). The zero-order chi connectivity index (χ0) is 17.8. The Morgan fingerprint density at radius 3 is 2.52 bits per heavy atom. The Kier molecular flexibility index (Phi) is 5.36. The molecule has 25 heavy (non-hydrogen) atoms. The molecule has 2 aromatic carbocycles. The Hall–Kier alpha value is -2.37. The fraction of sp³-hybridized carbons (Fsp3) is 0.263. The van der Waals surface area contributed by atoms with Gasteiger partial charge in [-0.3, -0.25) is 9.59 Å². The number of hydrogen-bond donors (Lipinski definition) is 1. The van der Waals surface area contributed by atoms with Crippen LogP contribution in [0.5, 0.6) is 0 Å². The highest BCUT2D eigenvalue weighted by atomic mass is 35.5. The van der Waals surface area contributed by atoms with Crippen LogP contribution in [0.15, 0.2) is 42.5 Å². The minimum Gasteiger partial charge on any atom is -0.378 e. The van der Waals surface area contributed by atoms with E-state index >= 15 is 0 Å².